The van der Waals surface area contributed by atoms with Crippen molar-refractivity contribution in [1.29, 1.82) is 0 Å². The first-order valence-electron chi connectivity index (χ1n) is 14.4. The summed E-state index contributed by atoms with van der Waals surface area (Å²) in [5, 5.41) is 0. The molecule has 1 aromatic heterocycles. The highest BCUT2D eigenvalue weighted by molar-refractivity contribution is 5.58. The molecule has 194 valence electrons. The monoisotopic (exact) mass is 480 g/mol. The van der Waals surface area contributed by atoms with Crippen molar-refractivity contribution in [3.63, 3.8) is 0 Å². The summed E-state index contributed by atoms with van der Waals surface area (Å²) in [4.78, 5) is 9.06. The van der Waals surface area contributed by atoms with Crippen LogP contribution in [0.15, 0.2) is 30.6 Å². The molecule has 1 unspecified atom stereocenters. The van der Waals surface area contributed by atoms with Crippen molar-refractivity contribution in [3.8, 4) is 22.9 Å². The zero-order chi connectivity index (χ0) is 24.7. The fourth-order valence-corrected chi connectivity index (χ4v) is 5.16. The summed E-state index contributed by atoms with van der Waals surface area (Å²) in [7, 11) is 0. The first-order chi connectivity index (χ1) is 17.2. The lowest BCUT2D eigenvalue weighted by molar-refractivity contribution is 0.0962. The van der Waals surface area contributed by atoms with Crippen LogP contribution in [-0.2, 0) is 0 Å². The largest absolute Gasteiger partial charge is 0.490 e. The van der Waals surface area contributed by atoms with E-state index in [9.17, 15) is 0 Å². The molecule has 0 aliphatic heterocycles. The van der Waals surface area contributed by atoms with E-state index in [0.717, 1.165) is 41.3 Å². The fourth-order valence-electron chi connectivity index (χ4n) is 5.16. The maximum Gasteiger partial charge on any atom is 0.159 e. The lowest BCUT2D eigenvalue weighted by Gasteiger charge is -2.31. The molecule has 0 bridgehead atoms. The maximum absolute atomic E-state index is 6.73. The molecule has 1 aliphatic rings. The number of rotatable bonds is 16. The van der Waals surface area contributed by atoms with Crippen LogP contribution < -0.4 is 9.47 Å². The SMILES string of the molecule is CCCCCCCCCC(Oc1ccc(-c2ncc(OCCCC)cn2)cc1C)C1CCCCC1. The Hall–Kier alpha value is -2.10. The van der Waals surface area contributed by atoms with Gasteiger partial charge in [0.2, 0.25) is 0 Å². The molecule has 2 aromatic rings. The lowest BCUT2D eigenvalue weighted by atomic mass is 9.83. The van der Waals surface area contributed by atoms with Crippen molar-refractivity contribution < 1.29 is 9.47 Å². The van der Waals surface area contributed by atoms with Gasteiger partial charge in [-0.15, -0.1) is 0 Å². The van der Waals surface area contributed by atoms with Crippen molar-refractivity contribution >= 4 is 0 Å². The lowest BCUT2D eigenvalue weighted by Crippen LogP contribution is -2.29. The highest BCUT2D eigenvalue weighted by atomic mass is 16.5. The molecule has 4 heteroatoms. The van der Waals surface area contributed by atoms with E-state index >= 15 is 0 Å². The number of aromatic nitrogens is 2. The average Bonchev–Trinajstić information content (AvgIpc) is 2.89. The number of ether oxygens (including phenoxy) is 2. The van der Waals surface area contributed by atoms with E-state index < -0.39 is 0 Å². The first kappa shape index (κ1) is 27.5. The molecule has 0 saturated heterocycles. The molecule has 1 atom stereocenters. The molecule has 0 radical (unpaired) electrons. The Bertz CT molecular complexity index is 830. The molecule has 1 heterocycles. The van der Waals surface area contributed by atoms with Crippen molar-refractivity contribution in [1.82, 2.24) is 9.97 Å². The Kier molecular flexibility index (Phi) is 12.4. The van der Waals surface area contributed by atoms with Gasteiger partial charge in [-0.2, -0.15) is 0 Å². The van der Waals surface area contributed by atoms with Crippen molar-refractivity contribution in [2.24, 2.45) is 5.92 Å². The number of benzene rings is 1. The molecule has 0 spiro atoms. The van der Waals surface area contributed by atoms with E-state index in [0.29, 0.717) is 18.6 Å². The van der Waals surface area contributed by atoms with Gasteiger partial charge < -0.3 is 9.47 Å². The summed E-state index contributed by atoms with van der Waals surface area (Å²) in [5.74, 6) is 3.19. The van der Waals surface area contributed by atoms with Gasteiger partial charge in [-0.25, -0.2) is 9.97 Å². The van der Waals surface area contributed by atoms with Crippen LogP contribution in [0.3, 0.4) is 0 Å². The van der Waals surface area contributed by atoms with Crippen molar-refractivity contribution in [2.45, 2.75) is 123 Å². The van der Waals surface area contributed by atoms with E-state index in [2.05, 4.69) is 48.9 Å². The highest BCUT2D eigenvalue weighted by Gasteiger charge is 2.25. The quantitative estimate of drug-likeness (QED) is 0.225. The molecule has 1 fully saturated rings. The van der Waals surface area contributed by atoms with Crippen LogP contribution in [0.5, 0.6) is 11.5 Å². The molecular formula is C31H48N2O2. The van der Waals surface area contributed by atoms with Gasteiger partial charge in [-0.1, -0.05) is 78.1 Å². The second-order valence-corrected chi connectivity index (χ2v) is 10.4. The van der Waals surface area contributed by atoms with Crippen LogP contribution in [-0.4, -0.2) is 22.7 Å². The molecule has 35 heavy (non-hydrogen) atoms. The Morgan fingerprint density at radius 1 is 0.857 bits per heavy atom. The third-order valence-corrected chi connectivity index (χ3v) is 7.37. The molecule has 1 aliphatic carbocycles. The maximum atomic E-state index is 6.73. The molecule has 3 rings (SSSR count). The van der Waals surface area contributed by atoms with Crippen LogP contribution >= 0.6 is 0 Å². The molecular weight excluding hydrogens is 432 g/mol. The summed E-state index contributed by atoms with van der Waals surface area (Å²) in [5.41, 5.74) is 2.19. The summed E-state index contributed by atoms with van der Waals surface area (Å²) >= 11 is 0. The standard InChI is InChI=1S/C31H48N2O2/c1-4-6-8-9-10-11-15-18-30(26-16-13-12-14-17-26)35-29-20-19-27(22-25(29)3)31-32-23-28(24-33-31)34-21-7-5-2/h19-20,22-24,26,30H,4-18,21H2,1-3H3. The Balaban J connectivity index is 1.58. The third-order valence-electron chi connectivity index (χ3n) is 7.37. The number of hydrogen-bond donors (Lipinski definition) is 0. The first-order valence-corrected chi connectivity index (χ1v) is 14.4. The Morgan fingerprint density at radius 2 is 1.54 bits per heavy atom. The van der Waals surface area contributed by atoms with Crippen molar-refractivity contribution in [3.05, 3.63) is 36.2 Å². The Labute approximate surface area is 214 Å². The third kappa shape index (κ3) is 9.46. The molecule has 1 aromatic carbocycles. The number of hydrogen-bond acceptors (Lipinski definition) is 4. The minimum absolute atomic E-state index is 0.339. The van der Waals surface area contributed by atoms with E-state index in [1.807, 2.05) is 0 Å². The van der Waals surface area contributed by atoms with Gasteiger partial charge in [0.15, 0.2) is 11.6 Å². The minimum Gasteiger partial charge on any atom is -0.490 e. The van der Waals surface area contributed by atoms with Gasteiger partial charge in [0.25, 0.3) is 0 Å². The van der Waals surface area contributed by atoms with Crippen LogP contribution in [0.2, 0.25) is 0 Å². The normalized spacial score (nSPS) is 15.2. The van der Waals surface area contributed by atoms with E-state index in [1.165, 1.54) is 83.5 Å². The second-order valence-electron chi connectivity index (χ2n) is 10.4. The number of unbranched alkanes of at least 4 members (excludes halogenated alkanes) is 7. The molecule has 0 amide bonds. The summed E-state index contributed by atoms with van der Waals surface area (Å²) in [6.07, 6.45) is 23.4. The van der Waals surface area contributed by atoms with E-state index in [1.54, 1.807) is 12.4 Å². The average molecular weight is 481 g/mol. The van der Waals surface area contributed by atoms with Gasteiger partial charge >= 0.3 is 0 Å². The van der Waals surface area contributed by atoms with Crippen molar-refractivity contribution in [2.75, 3.05) is 6.61 Å². The van der Waals surface area contributed by atoms with Gasteiger partial charge in [-0.05, 0) is 68.7 Å². The minimum atomic E-state index is 0.339. The van der Waals surface area contributed by atoms with Crippen LogP contribution in [0, 0.1) is 12.8 Å². The molecule has 1 saturated carbocycles. The van der Waals surface area contributed by atoms with Crippen LogP contribution in [0.25, 0.3) is 11.4 Å². The van der Waals surface area contributed by atoms with Crippen LogP contribution in [0.1, 0.15) is 116 Å². The highest BCUT2D eigenvalue weighted by Crippen LogP contribution is 2.33. The topological polar surface area (TPSA) is 44.2 Å². The zero-order valence-electron chi connectivity index (χ0n) is 22.6. The predicted octanol–water partition coefficient (Wildman–Crippen LogP) is 9.10. The zero-order valence-corrected chi connectivity index (χ0v) is 22.6. The number of nitrogens with zero attached hydrogens (tertiary/aromatic N) is 2. The number of aryl methyl sites for hydroxylation is 1. The summed E-state index contributed by atoms with van der Waals surface area (Å²) < 4.78 is 12.4. The van der Waals surface area contributed by atoms with Gasteiger partial charge in [-0.3, -0.25) is 0 Å². The van der Waals surface area contributed by atoms with E-state index in [4.69, 9.17) is 9.47 Å². The van der Waals surface area contributed by atoms with Crippen LogP contribution in [0.4, 0.5) is 0 Å². The summed E-state index contributed by atoms with van der Waals surface area (Å²) in [6, 6.07) is 6.38. The van der Waals surface area contributed by atoms with Gasteiger partial charge in [0.1, 0.15) is 11.9 Å². The summed E-state index contributed by atoms with van der Waals surface area (Å²) in [6.45, 7) is 7.30. The van der Waals surface area contributed by atoms with Gasteiger partial charge in [0, 0.05) is 5.56 Å². The second kappa shape index (κ2) is 15.8. The molecule has 0 N–H and O–H groups in total. The van der Waals surface area contributed by atoms with Gasteiger partial charge in [0.05, 0.1) is 19.0 Å². The Morgan fingerprint density at radius 3 is 2.23 bits per heavy atom. The predicted molar refractivity (Wildman–Crippen MR) is 146 cm³/mol. The van der Waals surface area contributed by atoms with E-state index in [-0.39, 0.29) is 0 Å². The molecule has 4 nitrogen and oxygen atoms in total. The smallest absolute Gasteiger partial charge is 0.159 e. The fraction of sp³-hybridized carbons (Fsp3) is 0.677.